The van der Waals surface area contributed by atoms with Crippen LogP contribution in [0.2, 0.25) is 0 Å². The van der Waals surface area contributed by atoms with Crippen LogP contribution in [-0.4, -0.2) is 50.0 Å². The van der Waals surface area contributed by atoms with Crippen LogP contribution in [0.5, 0.6) is 0 Å². The Kier molecular flexibility index (Phi) is 5.33. The molecule has 38 heavy (non-hydrogen) atoms. The van der Waals surface area contributed by atoms with Gasteiger partial charge in [-0.25, -0.2) is 5.10 Å². The molecule has 3 aromatic heterocycles. The molecule has 5 aromatic rings. The minimum Gasteiger partial charge on any atom is -0.365 e. The van der Waals surface area contributed by atoms with E-state index in [2.05, 4.69) is 91.8 Å². The number of rotatable bonds is 4. The van der Waals surface area contributed by atoms with Gasteiger partial charge in [0.2, 0.25) is 0 Å². The standard InChI is InChI=1S/C29H30N8O/c1-18-20(7-5-9-27(18)36-11-10-22-21-6-3-4-8-23(21)30-26(22)17-36)24-15-25(29(38)33-32-24)31-28-14-19-16-35(2)12-13-37(19)34-28/h3-9,14-15,30H,10-13,16-17H2,1-2H3,(H,33,38)(H,31,32,34). The van der Waals surface area contributed by atoms with Gasteiger partial charge in [-0.1, -0.05) is 30.3 Å². The summed E-state index contributed by atoms with van der Waals surface area (Å²) in [5, 5.41) is 16.3. The molecule has 0 radical (unpaired) electrons. The molecule has 0 unspecified atom stereocenters. The number of H-pyrrole nitrogens is 2. The number of hydrogen-bond donors (Lipinski definition) is 3. The Bertz CT molecular complexity index is 1730. The third kappa shape index (κ3) is 3.86. The van der Waals surface area contributed by atoms with Crippen LogP contribution in [0.25, 0.3) is 22.2 Å². The first kappa shape index (κ1) is 22.8. The van der Waals surface area contributed by atoms with Crippen molar-refractivity contribution in [3.05, 3.63) is 87.5 Å². The Morgan fingerprint density at radius 3 is 2.82 bits per heavy atom. The summed E-state index contributed by atoms with van der Waals surface area (Å²) in [6, 6.07) is 18.7. The Labute approximate surface area is 220 Å². The fourth-order valence-corrected chi connectivity index (χ4v) is 5.88. The first-order valence-electron chi connectivity index (χ1n) is 13.1. The van der Waals surface area contributed by atoms with Crippen LogP contribution >= 0.6 is 0 Å². The second kappa shape index (κ2) is 8.88. The van der Waals surface area contributed by atoms with Gasteiger partial charge in [0.15, 0.2) is 5.82 Å². The van der Waals surface area contributed by atoms with Gasteiger partial charge in [0.25, 0.3) is 5.56 Å². The van der Waals surface area contributed by atoms with Gasteiger partial charge in [-0.15, -0.1) is 0 Å². The van der Waals surface area contributed by atoms with Crippen molar-refractivity contribution in [2.75, 3.05) is 30.4 Å². The van der Waals surface area contributed by atoms with E-state index in [1.54, 1.807) is 0 Å². The molecule has 0 atom stereocenters. The smallest absolute Gasteiger partial charge is 0.287 e. The van der Waals surface area contributed by atoms with Gasteiger partial charge in [0, 0.05) is 53.5 Å². The molecule has 3 N–H and O–H groups in total. The van der Waals surface area contributed by atoms with Crippen molar-refractivity contribution in [3.8, 4) is 11.3 Å². The zero-order valence-electron chi connectivity index (χ0n) is 21.6. The average molecular weight is 507 g/mol. The highest BCUT2D eigenvalue weighted by atomic mass is 16.1. The lowest BCUT2D eigenvalue weighted by Crippen LogP contribution is -2.30. The second-order valence-corrected chi connectivity index (χ2v) is 10.4. The minimum absolute atomic E-state index is 0.270. The average Bonchev–Trinajstić information content (AvgIpc) is 3.50. The molecule has 9 nitrogen and oxygen atoms in total. The third-order valence-electron chi connectivity index (χ3n) is 7.86. The van der Waals surface area contributed by atoms with Crippen LogP contribution in [0.1, 0.15) is 22.5 Å². The van der Waals surface area contributed by atoms with Crippen LogP contribution in [0, 0.1) is 6.92 Å². The Morgan fingerprint density at radius 2 is 1.89 bits per heavy atom. The number of anilines is 3. The van der Waals surface area contributed by atoms with E-state index >= 15 is 0 Å². The van der Waals surface area contributed by atoms with E-state index in [0.717, 1.165) is 61.7 Å². The van der Waals surface area contributed by atoms with Gasteiger partial charge in [-0.2, -0.15) is 10.2 Å². The Balaban J connectivity index is 1.18. The summed E-state index contributed by atoms with van der Waals surface area (Å²) in [6.07, 6.45) is 0.998. The number of hydrogen-bond acceptors (Lipinski definition) is 6. The van der Waals surface area contributed by atoms with E-state index < -0.39 is 0 Å². The lowest BCUT2D eigenvalue weighted by molar-refractivity contribution is 0.259. The predicted octanol–water partition coefficient (Wildman–Crippen LogP) is 4.17. The van der Waals surface area contributed by atoms with Gasteiger partial charge in [0.05, 0.1) is 24.5 Å². The zero-order chi connectivity index (χ0) is 25.8. The van der Waals surface area contributed by atoms with E-state index in [1.807, 2.05) is 16.8 Å². The Hall–Kier alpha value is -4.37. The maximum absolute atomic E-state index is 12.7. The highest BCUT2D eigenvalue weighted by molar-refractivity contribution is 5.85. The van der Waals surface area contributed by atoms with Gasteiger partial charge in [-0.3, -0.25) is 14.4 Å². The highest BCUT2D eigenvalue weighted by Gasteiger charge is 2.23. The van der Waals surface area contributed by atoms with Crippen molar-refractivity contribution >= 4 is 28.1 Å². The van der Waals surface area contributed by atoms with Crippen molar-refractivity contribution in [3.63, 3.8) is 0 Å². The molecule has 0 spiro atoms. The number of benzene rings is 2. The van der Waals surface area contributed by atoms with Gasteiger partial charge < -0.3 is 15.2 Å². The lowest BCUT2D eigenvalue weighted by atomic mass is 9.99. The molecule has 0 saturated heterocycles. The highest BCUT2D eigenvalue weighted by Crippen LogP contribution is 2.35. The lowest BCUT2D eigenvalue weighted by Gasteiger charge is -2.31. The fourth-order valence-electron chi connectivity index (χ4n) is 5.88. The third-order valence-corrected chi connectivity index (χ3v) is 7.86. The van der Waals surface area contributed by atoms with Crippen LogP contribution in [0.4, 0.5) is 17.2 Å². The number of para-hydroxylation sites is 1. The van der Waals surface area contributed by atoms with Crippen molar-refractivity contribution < 1.29 is 0 Å². The SMILES string of the molecule is Cc1c(-c2cc(Nc3cc4n(n3)CCN(C)C4)c(=O)[nH]n2)cccc1N1CCc2c([nH]c3ccccc23)C1. The minimum atomic E-state index is -0.270. The molecule has 2 aliphatic rings. The summed E-state index contributed by atoms with van der Waals surface area (Å²) >= 11 is 0. The molecule has 0 fully saturated rings. The largest absolute Gasteiger partial charge is 0.365 e. The summed E-state index contributed by atoms with van der Waals surface area (Å²) in [6.45, 7) is 6.56. The summed E-state index contributed by atoms with van der Waals surface area (Å²) < 4.78 is 2.00. The van der Waals surface area contributed by atoms with Crippen LogP contribution in [0.15, 0.2) is 59.4 Å². The number of nitrogens with one attached hydrogen (secondary N) is 3. The number of likely N-dealkylation sites (N-methyl/N-ethyl adjacent to an activating group) is 1. The molecule has 9 heteroatoms. The number of aromatic amines is 2. The zero-order valence-corrected chi connectivity index (χ0v) is 21.6. The van der Waals surface area contributed by atoms with Crippen LogP contribution in [0.3, 0.4) is 0 Å². The molecule has 2 aliphatic heterocycles. The van der Waals surface area contributed by atoms with E-state index in [1.165, 1.54) is 27.8 Å². The van der Waals surface area contributed by atoms with E-state index in [-0.39, 0.29) is 5.56 Å². The summed E-state index contributed by atoms with van der Waals surface area (Å²) in [7, 11) is 2.10. The van der Waals surface area contributed by atoms with Crippen molar-refractivity contribution in [2.45, 2.75) is 33.0 Å². The topological polar surface area (TPSA) is 97.9 Å². The van der Waals surface area contributed by atoms with Gasteiger partial charge in [-0.05, 0) is 49.7 Å². The van der Waals surface area contributed by atoms with E-state index in [4.69, 9.17) is 0 Å². The maximum atomic E-state index is 12.7. The molecule has 0 saturated carbocycles. The molecule has 0 aliphatic carbocycles. The summed E-state index contributed by atoms with van der Waals surface area (Å²) in [5.74, 6) is 0.672. The molecule has 0 amide bonds. The van der Waals surface area contributed by atoms with Crippen LogP contribution in [-0.2, 0) is 26.1 Å². The summed E-state index contributed by atoms with van der Waals surface area (Å²) in [4.78, 5) is 21.0. The quantitative estimate of drug-likeness (QED) is 0.338. The van der Waals surface area contributed by atoms with Gasteiger partial charge >= 0.3 is 0 Å². The first-order chi connectivity index (χ1) is 18.5. The molecule has 5 heterocycles. The van der Waals surface area contributed by atoms with Crippen molar-refractivity contribution in [1.29, 1.82) is 0 Å². The monoisotopic (exact) mass is 506 g/mol. The van der Waals surface area contributed by atoms with Gasteiger partial charge in [0.1, 0.15) is 5.69 Å². The molecule has 2 aromatic carbocycles. The Morgan fingerprint density at radius 1 is 1.00 bits per heavy atom. The van der Waals surface area contributed by atoms with E-state index in [0.29, 0.717) is 11.5 Å². The van der Waals surface area contributed by atoms with Crippen LogP contribution < -0.4 is 15.8 Å². The maximum Gasteiger partial charge on any atom is 0.287 e. The predicted molar refractivity (Wildman–Crippen MR) is 150 cm³/mol. The van der Waals surface area contributed by atoms with Crippen molar-refractivity contribution in [2.24, 2.45) is 0 Å². The van der Waals surface area contributed by atoms with E-state index in [9.17, 15) is 4.79 Å². The first-order valence-corrected chi connectivity index (χ1v) is 13.1. The summed E-state index contributed by atoms with van der Waals surface area (Å²) in [5.41, 5.74) is 9.24. The number of aromatic nitrogens is 5. The number of nitrogens with zero attached hydrogens (tertiary/aromatic N) is 5. The second-order valence-electron chi connectivity index (χ2n) is 10.4. The number of fused-ring (bicyclic) bond motifs is 4. The van der Waals surface area contributed by atoms with Crippen molar-refractivity contribution in [1.82, 2.24) is 29.9 Å². The molecule has 192 valence electrons. The normalized spacial score (nSPS) is 15.5. The molecule has 0 bridgehead atoms. The molecule has 7 rings (SSSR count). The molecular formula is C29H30N8O. The molecular weight excluding hydrogens is 476 g/mol. The fraction of sp³-hybridized carbons (Fsp3) is 0.276.